The first-order valence-electron chi connectivity index (χ1n) is 10.6. The molecule has 1 atom stereocenters. The Morgan fingerprint density at radius 1 is 1.18 bits per heavy atom. The summed E-state index contributed by atoms with van der Waals surface area (Å²) >= 11 is 1.38. The largest absolute Gasteiger partial charge is 0.380 e. The molecule has 0 saturated carbocycles. The third-order valence-corrected chi connectivity index (χ3v) is 7.87. The third-order valence-electron chi connectivity index (χ3n) is 5.65. The number of benzene rings is 2. The first kappa shape index (κ1) is 24.3. The average Bonchev–Trinajstić information content (AvgIpc) is 3.10. The standard InChI is InChI=1S/C25H26N2O5S2/c1-14-22-16(12-32-3)8-9-18(15(2)28)24(22)33-23(14)25(29)27-21-11-10-19-17(13-34(4,30)31)6-5-7-20(19)26-21/h5-11,25,29H,12-13H2,1-4H3,(H,26,27). The number of methoxy groups -OCH3 is 1. The predicted octanol–water partition coefficient (Wildman–Crippen LogP) is 4.75. The Kier molecular flexibility index (Phi) is 6.73. The number of ketones is 1. The number of Topliss-reactive ketones (excluding diaryl/α,β-unsaturated/α-hetero) is 1. The van der Waals surface area contributed by atoms with Crippen molar-refractivity contribution < 1.29 is 23.1 Å². The number of hydrogen-bond acceptors (Lipinski definition) is 8. The van der Waals surface area contributed by atoms with E-state index in [2.05, 4.69) is 10.3 Å². The van der Waals surface area contributed by atoms with Crippen LogP contribution in [-0.2, 0) is 26.9 Å². The monoisotopic (exact) mass is 498 g/mol. The summed E-state index contributed by atoms with van der Waals surface area (Å²) in [6, 6.07) is 12.6. The van der Waals surface area contributed by atoms with Crippen molar-refractivity contribution in [2.24, 2.45) is 0 Å². The average molecular weight is 499 g/mol. The van der Waals surface area contributed by atoms with Gasteiger partial charge < -0.3 is 15.2 Å². The molecule has 2 heterocycles. The zero-order valence-electron chi connectivity index (χ0n) is 19.4. The number of pyridine rings is 1. The molecule has 0 saturated heterocycles. The smallest absolute Gasteiger partial charge is 0.161 e. The minimum Gasteiger partial charge on any atom is -0.380 e. The number of carbonyl (C=O) groups is 1. The lowest BCUT2D eigenvalue weighted by atomic mass is 10.0. The van der Waals surface area contributed by atoms with Crippen LogP contribution in [0, 0.1) is 6.92 Å². The Hall–Kier alpha value is -2.85. The number of carbonyl (C=O) groups excluding carboxylic acids is 1. The van der Waals surface area contributed by atoms with Gasteiger partial charge in [-0.3, -0.25) is 4.79 Å². The van der Waals surface area contributed by atoms with Crippen molar-refractivity contribution in [3.8, 4) is 0 Å². The summed E-state index contributed by atoms with van der Waals surface area (Å²) in [6.07, 6.45) is 0.158. The molecule has 4 rings (SSSR count). The summed E-state index contributed by atoms with van der Waals surface area (Å²) in [7, 11) is -1.56. The van der Waals surface area contributed by atoms with E-state index in [1.165, 1.54) is 24.5 Å². The second kappa shape index (κ2) is 9.42. The number of anilines is 1. The number of aryl methyl sites for hydroxylation is 1. The number of sulfone groups is 1. The van der Waals surface area contributed by atoms with Gasteiger partial charge in [-0.2, -0.15) is 0 Å². The summed E-state index contributed by atoms with van der Waals surface area (Å²) in [5.74, 6) is 0.354. The minimum absolute atomic E-state index is 0.0368. The highest BCUT2D eigenvalue weighted by atomic mass is 32.2. The zero-order chi connectivity index (χ0) is 24.6. The number of hydrogen-bond donors (Lipinski definition) is 2. The topological polar surface area (TPSA) is 106 Å². The van der Waals surface area contributed by atoms with Crippen LogP contribution in [0.4, 0.5) is 5.82 Å². The molecule has 0 aliphatic rings. The lowest BCUT2D eigenvalue weighted by Crippen LogP contribution is -2.10. The number of aliphatic hydroxyl groups is 1. The fourth-order valence-corrected chi connectivity index (χ4v) is 6.35. The molecule has 0 aliphatic carbocycles. The second-order valence-electron chi connectivity index (χ2n) is 8.35. The maximum absolute atomic E-state index is 12.2. The highest BCUT2D eigenvalue weighted by molar-refractivity contribution is 7.89. The first-order chi connectivity index (χ1) is 16.1. The van der Waals surface area contributed by atoms with E-state index in [1.807, 2.05) is 13.0 Å². The van der Waals surface area contributed by atoms with Crippen LogP contribution in [0.3, 0.4) is 0 Å². The van der Waals surface area contributed by atoms with E-state index in [-0.39, 0.29) is 11.5 Å². The Morgan fingerprint density at radius 3 is 2.62 bits per heavy atom. The van der Waals surface area contributed by atoms with Gasteiger partial charge in [-0.15, -0.1) is 11.3 Å². The molecular formula is C25H26N2O5S2. The number of rotatable bonds is 8. The van der Waals surface area contributed by atoms with E-state index >= 15 is 0 Å². The van der Waals surface area contributed by atoms with Gasteiger partial charge in [-0.05, 0) is 54.8 Å². The molecule has 0 fully saturated rings. The number of thiophene rings is 1. The van der Waals surface area contributed by atoms with Crippen LogP contribution in [0.15, 0.2) is 42.5 Å². The highest BCUT2D eigenvalue weighted by Crippen LogP contribution is 2.39. The Bertz CT molecular complexity index is 1510. The van der Waals surface area contributed by atoms with Crippen LogP contribution in [0.1, 0.15) is 45.1 Å². The van der Waals surface area contributed by atoms with Gasteiger partial charge in [0.1, 0.15) is 5.82 Å². The van der Waals surface area contributed by atoms with Crippen LogP contribution in [0.25, 0.3) is 21.0 Å². The van der Waals surface area contributed by atoms with E-state index in [1.54, 1.807) is 43.5 Å². The summed E-state index contributed by atoms with van der Waals surface area (Å²) in [5, 5.41) is 15.8. The molecule has 0 spiro atoms. The molecule has 0 radical (unpaired) electrons. The number of aromatic nitrogens is 1. The Labute approximate surface area is 202 Å². The van der Waals surface area contributed by atoms with Crippen molar-refractivity contribution in [1.29, 1.82) is 0 Å². The van der Waals surface area contributed by atoms with Gasteiger partial charge >= 0.3 is 0 Å². The molecule has 2 aromatic heterocycles. The van der Waals surface area contributed by atoms with E-state index in [4.69, 9.17) is 4.74 Å². The molecule has 4 aromatic rings. The number of nitrogens with one attached hydrogen (secondary N) is 1. The van der Waals surface area contributed by atoms with E-state index in [0.29, 0.717) is 33.9 Å². The molecule has 1 unspecified atom stereocenters. The summed E-state index contributed by atoms with van der Waals surface area (Å²) in [6.45, 7) is 3.86. The molecule has 7 nitrogen and oxygen atoms in total. The van der Waals surface area contributed by atoms with Crippen molar-refractivity contribution in [1.82, 2.24) is 4.98 Å². The lowest BCUT2D eigenvalue weighted by Gasteiger charge is -2.14. The van der Waals surface area contributed by atoms with Gasteiger partial charge in [0, 0.05) is 34.4 Å². The van der Waals surface area contributed by atoms with Crippen LogP contribution < -0.4 is 5.32 Å². The lowest BCUT2D eigenvalue weighted by molar-refractivity contribution is 0.101. The quantitative estimate of drug-likeness (QED) is 0.267. The number of ether oxygens (including phenoxy) is 1. The fraction of sp³-hybridized carbons (Fsp3) is 0.280. The molecule has 0 bridgehead atoms. The van der Waals surface area contributed by atoms with Gasteiger partial charge in [0.15, 0.2) is 21.8 Å². The van der Waals surface area contributed by atoms with E-state index in [9.17, 15) is 18.3 Å². The summed E-state index contributed by atoms with van der Waals surface area (Å²) < 4.78 is 29.7. The molecule has 2 aromatic carbocycles. The summed E-state index contributed by atoms with van der Waals surface area (Å²) in [5.41, 5.74) is 3.77. The van der Waals surface area contributed by atoms with Crippen molar-refractivity contribution in [3.05, 3.63) is 69.6 Å². The number of nitrogens with zero attached hydrogens (tertiary/aromatic N) is 1. The third kappa shape index (κ3) is 4.83. The Morgan fingerprint density at radius 2 is 1.94 bits per heavy atom. The first-order valence-corrected chi connectivity index (χ1v) is 13.5. The maximum atomic E-state index is 12.2. The molecule has 34 heavy (non-hydrogen) atoms. The van der Waals surface area contributed by atoms with Crippen molar-refractivity contribution >= 4 is 53.8 Å². The Balaban J connectivity index is 1.71. The second-order valence-corrected chi connectivity index (χ2v) is 11.5. The molecule has 178 valence electrons. The highest BCUT2D eigenvalue weighted by Gasteiger charge is 2.22. The molecule has 0 amide bonds. The normalized spacial score (nSPS) is 12.9. The molecule has 9 heteroatoms. The van der Waals surface area contributed by atoms with Crippen LogP contribution in [0.5, 0.6) is 0 Å². The van der Waals surface area contributed by atoms with Crippen LogP contribution in [0.2, 0.25) is 0 Å². The van der Waals surface area contributed by atoms with Crippen LogP contribution >= 0.6 is 11.3 Å². The maximum Gasteiger partial charge on any atom is 0.161 e. The molecule has 0 aliphatic heterocycles. The zero-order valence-corrected chi connectivity index (χ0v) is 21.0. The number of aliphatic hydroxyl groups excluding tert-OH is 1. The van der Waals surface area contributed by atoms with Gasteiger partial charge in [0.25, 0.3) is 0 Å². The fourth-order valence-electron chi connectivity index (χ4n) is 4.18. The van der Waals surface area contributed by atoms with E-state index < -0.39 is 16.1 Å². The van der Waals surface area contributed by atoms with E-state index in [0.717, 1.165) is 26.6 Å². The van der Waals surface area contributed by atoms with Gasteiger partial charge in [-0.1, -0.05) is 18.2 Å². The SMILES string of the molecule is COCc1ccc(C(C)=O)c2sc(C(O)Nc3ccc4c(CS(C)(=O)=O)cccc4n3)c(C)c12. The van der Waals surface area contributed by atoms with Gasteiger partial charge in [0.2, 0.25) is 0 Å². The molecule has 2 N–H and O–H groups in total. The van der Waals surface area contributed by atoms with Crippen molar-refractivity contribution in [2.75, 3.05) is 18.7 Å². The van der Waals surface area contributed by atoms with Crippen LogP contribution in [-0.4, -0.2) is 37.7 Å². The van der Waals surface area contributed by atoms with Crippen molar-refractivity contribution in [2.45, 2.75) is 32.4 Å². The van der Waals surface area contributed by atoms with Crippen molar-refractivity contribution in [3.63, 3.8) is 0 Å². The predicted molar refractivity (Wildman–Crippen MR) is 136 cm³/mol. The molecular weight excluding hydrogens is 472 g/mol. The van der Waals surface area contributed by atoms with Gasteiger partial charge in [0.05, 0.1) is 22.8 Å². The number of fused-ring (bicyclic) bond motifs is 2. The minimum atomic E-state index is -3.18. The van der Waals surface area contributed by atoms with Gasteiger partial charge in [-0.25, -0.2) is 13.4 Å². The summed E-state index contributed by atoms with van der Waals surface area (Å²) in [4.78, 5) is 17.5.